The molecule has 6 aliphatic rings. The van der Waals surface area contributed by atoms with Crippen LogP contribution in [0.2, 0.25) is 10.0 Å². The summed E-state index contributed by atoms with van der Waals surface area (Å²) in [7, 11) is 0. The van der Waals surface area contributed by atoms with Crippen molar-refractivity contribution in [2.75, 3.05) is 40.9 Å². The van der Waals surface area contributed by atoms with Gasteiger partial charge < -0.3 is 24.0 Å². The zero-order valence-corrected chi connectivity index (χ0v) is 36.6. The number of rotatable bonds is 4. The number of hydrogen-bond acceptors (Lipinski definition) is 7. The van der Waals surface area contributed by atoms with Crippen molar-refractivity contribution in [3.63, 3.8) is 0 Å². The van der Waals surface area contributed by atoms with Gasteiger partial charge in [0.1, 0.15) is 17.4 Å². The monoisotopic (exact) mass is 873 g/mol. The van der Waals surface area contributed by atoms with E-state index in [1.165, 1.54) is 88.5 Å². The van der Waals surface area contributed by atoms with E-state index in [4.69, 9.17) is 39.3 Å². The molecule has 0 atom stereocenters. The molecular weight excluding hydrogens is 817 g/mol. The molecule has 2 spiro atoms. The summed E-state index contributed by atoms with van der Waals surface area (Å²) >= 11 is 11.6. The van der Waals surface area contributed by atoms with Crippen molar-refractivity contribution in [1.82, 2.24) is 9.88 Å². The average molecular weight is 875 g/mol. The van der Waals surface area contributed by atoms with Gasteiger partial charge in [-0.3, -0.25) is 9.59 Å². The molecule has 2 amide bonds. The van der Waals surface area contributed by atoms with Gasteiger partial charge in [0.05, 0.1) is 27.3 Å². The van der Waals surface area contributed by atoms with E-state index in [1.807, 2.05) is 11.1 Å². The summed E-state index contributed by atoms with van der Waals surface area (Å²) in [6, 6.07) is 9.92. The third kappa shape index (κ3) is 10.4. The summed E-state index contributed by atoms with van der Waals surface area (Å²) in [5.74, 6) is 3.67. The number of benzene rings is 2. The van der Waals surface area contributed by atoms with Gasteiger partial charge >= 0.3 is 50.4 Å². The minimum atomic E-state index is -0.512. The standard InChI is InChI=1S/C24H29ClFN3O2.C16H17ClFN3O.C8H11/c25-19-9-8-18(15-20(19)26)29-22(30)7-4-10-24(29)11-13-28(14-12-24)23-27-16-21(31-23)17-5-2-1-3-6-17;17-13-4-3-12(10-14(13)18)21-15(22)2-1-5-16(21)6-8-20(11-19)9-7-16;1-2-8-6-4-3-5-7-8/h8-9,15-17H,1-7,10-14H2;3-4,10H,1-2,5-9H2;8H,3-7H2/q;;+1. The van der Waals surface area contributed by atoms with Gasteiger partial charge in [0.2, 0.25) is 11.8 Å². The summed E-state index contributed by atoms with van der Waals surface area (Å²) in [5.41, 5.74) is 0.584. The fourth-order valence-corrected chi connectivity index (χ4v) is 10.8. The molecule has 0 bridgehead atoms. The molecule has 61 heavy (non-hydrogen) atoms. The van der Waals surface area contributed by atoms with E-state index in [-0.39, 0.29) is 32.9 Å². The minimum absolute atomic E-state index is 0.0263. The number of nitriles is 1. The van der Waals surface area contributed by atoms with Crippen molar-refractivity contribution in [2.24, 2.45) is 5.92 Å². The average Bonchev–Trinajstić information content (AvgIpc) is 3.78. The molecule has 9 nitrogen and oxygen atoms in total. The molecule has 6 fully saturated rings. The molecule has 4 saturated heterocycles. The fourth-order valence-electron chi connectivity index (χ4n) is 10.5. The van der Waals surface area contributed by atoms with Crippen molar-refractivity contribution >= 4 is 52.4 Å². The SMILES string of the molecule is N#CN1CCC2(CCCC(=O)N2c2ccc(Cl)c(F)c2)CC1.O=C1CCCC2(CCN(c3ncc(C4CCCCC4)o3)CC2)N1c1ccc(Cl)c(F)c1.[C+]#CC1CCCCC1. The Bertz CT molecular complexity index is 2070. The summed E-state index contributed by atoms with van der Waals surface area (Å²) in [4.78, 5) is 37.5. The first-order chi connectivity index (χ1) is 29.5. The van der Waals surface area contributed by atoms with Crippen LogP contribution in [-0.4, -0.2) is 59.0 Å². The molecular formula is C48H57Cl2F2N6O3+. The van der Waals surface area contributed by atoms with Gasteiger partial charge in [-0.25, -0.2) is 13.8 Å². The van der Waals surface area contributed by atoms with E-state index in [1.54, 1.807) is 21.9 Å². The Morgan fingerprint density at radius 1 is 0.705 bits per heavy atom. The summed E-state index contributed by atoms with van der Waals surface area (Å²) in [5, 5.41) is 9.15. The van der Waals surface area contributed by atoms with Crippen LogP contribution in [-0.2, 0) is 9.59 Å². The number of aromatic nitrogens is 1. The molecule has 2 aliphatic carbocycles. The number of amides is 2. The first-order valence-corrected chi connectivity index (χ1v) is 23.1. The van der Waals surface area contributed by atoms with Crippen LogP contribution in [0.1, 0.15) is 140 Å². The Labute approximate surface area is 369 Å². The normalized spacial score (nSPS) is 21.9. The van der Waals surface area contributed by atoms with Crippen LogP contribution >= 0.6 is 23.2 Å². The van der Waals surface area contributed by atoms with Crippen LogP contribution in [0, 0.1) is 41.4 Å². The number of nitrogens with zero attached hydrogens (tertiary/aromatic N) is 6. The Kier molecular flexibility index (Phi) is 15.0. The number of likely N-dealkylation sites (tertiary alicyclic amines) is 1. The molecule has 3 aromatic rings. The molecule has 4 aliphatic heterocycles. The fraction of sp³-hybridized carbons (Fsp3) is 0.583. The second-order valence-electron chi connectivity index (χ2n) is 17.7. The molecule has 2 aromatic carbocycles. The molecule has 5 heterocycles. The first kappa shape index (κ1) is 44.9. The molecule has 9 rings (SSSR count). The number of carbonyl (C=O) groups is 2. The van der Waals surface area contributed by atoms with Crippen molar-refractivity contribution < 1.29 is 22.8 Å². The molecule has 1 aromatic heterocycles. The molecule has 0 N–H and O–H groups in total. The van der Waals surface area contributed by atoms with E-state index in [0.29, 0.717) is 55.2 Å². The zero-order chi connectivity index (χ0) is 43.0. The van der Waals surface area contributed by atoms with Crippen LogP contribution in [0.3, 0.4) is 0 Å². The van der Waals surface area contributed by atoms with E-state index in [2.05, 4.69) is 22.0 Å². The van der Waals surface area contributed by atoms with Gasteiger partial charge in [-0.05, 0) is 101 Å². The van der Waals surface area contributed by atoms with Gasteiger partial charge in [0.25, 0.3) is 6.01 Å². The summed E-state index contributed by atoms with van der Waals surface area (Å²) in [6.07, 6.45) is 31.2. The predicted octanol–water partition coefficient (Wildman–Crippen LogP) is 11.5. The third-order valence-electron chi connectivity index (χ3n) is 14.0. The zero-order valence-electron chi connectivity index (χ0n) is 35.1. The first-order valence-electron chi connectivity index (χ1n) is 22.4. The summed E-state index contributed by atoms with van der Waals surface area (Å²) in [6.45, 7) is 2.81. The second kappa shape index (κ2) is 20.4. The van der Waals surface area contributed by atoms with Crippen LogP contribution < -0.4 is 14.7 Å². The number of anilines is 3. The van der Waals surface area contributed by atoms with E-state index < -0.39 is 11.6 Å². The van der Waals surface area contributed by atoms with E-state index in [9.17, 15) is 18.4 Å². The Hall–Kier alpha value is -4.10. The second-order valence-corrected chi connectivity index (χ2v) is 18.6. The maximum absolute atomic E-state index is 14.2. The Morgan fingerprint density at radius 3 is 1.66 bits per heavy atom. The van der Waals surface area contributed by atoms with Crippen molar-refractivity contribution in [1.29, 1.82) is 5.26 Å². The van der Waals surface area contributed by atoms with Crippen LogP contribution in [0.15, 0.2) is 47.0 Å². The van der Waals surface area contributed by atoms with Gasteiger partial charge in [-0.1, -0.05) is 42.5 Å². The van der Waals surface area contributed by atoms with Gasteiger partial charge in [0.15, 0.2) is 6.19 Å². The van der Waals surface area contributed by atoms with Gasteiger partial charge in [-0.15, -0.1) is 0 Å². The molecule has 2 saturated carbocycles. The summed E-state index contributed by atoms with van der Waals surface area (Å²) < 4.78 is 34.1. The Balaban J connectivity index is 0.000000162. The molecule has 0 radical (unpaired) electrons. The van der Waals surface area contributed by atoms with E-state index >= 15 is 0 Å². The molecule has 324 valence electrons. The maximum atomic E-state index is 14.2. The molecule has 0 unspecified atom stereocenters. The van der Waals surface area contributed by atoms with Crippen molar-refractivity contribution in [3.8, 4) is 12.1 Å². The van der Waals surface area contributed by atoms with Gasteiger partial charge in [-0.2, -0.15) is 5.26 Å². The van der Waals surface area contributed by atoms with E-state index in [0.717, 1.165) is 70.2 Å². The number of carbonyl (C=O) groups excluding carboxylic acids is 2. The number of hydrogen-bond donors (Lipinski definition) is 0. The number of piperidine rings is 4. The van der Waals surface area contributed by atoms with Gasteiger partial charge in [0, 0.05) is 56.3 Å². The molecule has 13 heteroatoms. The number of oxazole rings is 1. The topological polar surface area (TPSA) is 96.9 Å². The van der Waals surface area contributed by atoms with Crippen LogP contribution in [0.25, 0.3) is 0 Å². The van der Waals surface area contributed by atoms with Crippen LogP contribution in [0.4, 0.5) is 26.2 Å². The third-order valence-corrected chi connectivity index (χ3v) is 14.6. The quantitative estimate of drug-likeness (QED) is 0.146. The number of halogens is 4. The van der Waals surface area contributed by atoms with Crippen molar-refractivity contribution in [2.45, 2.75) is 145 Å². The van der Waals surface area contributed by atoms with Crippen LogP contribution in [0.5, 0.6) is 0 Å². The predicted molar refractivity (Wildman–Crippen MR) is 235 cm³/mol. The Morgan fingerprint density at radius 2 is 1.20 bits per heavy atom. The van der Waals surface area contributed by atoms with Crippen molar-refractivity contribution in [3.05, 3.63) is 76.5 Å².